The average molecular weight is 609 g/mol. The fourth-order valence-corrected chi connectivity index (χ4v) is 4.37. The predicted molar refractivity (Wildman–Crippen MR) is 166 cm³/mol. The molecule has 3 rings (SSSR count). The zero-order valence-corrected chi connectivity index (χ0v) is 27.1. The van der Waals surface area contributed by atoms with E-state index in [1.54, 1.807) is 85.2 Å². The molecule has 10 heteroatoms. The van der Waals surface area contributed by atoms with Gasteiger partial charge >= 0.3 is 24.1 Å². The van der Waals surface area contributed by atoms with Crippen LogP contribution in [-0.2, 0) is 48.1 Å². The van der Waals surface area contributed by atoms with Gasteiger partial charge in [-0.15, -0.1) is 0 Å². The van der Waals surface area contributed by atoms with Crippen LogP contribution in [0.4, 0.5) is 9.59 Å². The number of ether oxygens (including phenoxy) is 4. The minimum Gasteiger partial charge on any atom is -0.460 e. The highest BCUT2D eigenvalue weighted by molar-refractivity contribution is 5.94. The van der Waals surface area contributed by atoms with Crippen molar-refractivity contribution >= 4 is 35.0 Å². The maximum atomic E-state index is 13.8. The van der Waals surface area contributed by atoms with E-state index in [-0.39, 0.29) is 19.6 Å². The summed E-state index contributed by atoms with van der Waals surface area (Å²) in [6, 6.07) is 14.9. The highest BCUT2D eigenvalue weighted by Crippen LogP contribution is 2.26. The number of fused-ring (bicyclic) bond motifs is 1. The normalized spacial score (nSPS) is 12.8. The molecule has 1 atom stereocenters. The van der Waals surface area contributed by atoms with Gasteiger partial charge in [-0.25, -0.2) is 14.4 Å². The summed E-state index contributed by atoms with van der Waals surface area (Å²) in [5.74, 6) is -1.25. The van der Waals surface area contributed by atoms with Crippen molar-refractivity contribution in [3.63, 3.8) is 0 Å². The molecule has 0 saturated heterocycles. The second-order valence-electron chi connectivity index (χ2n) is 13.5. The van der Waals surface area contributed by atoms with Gasteiger partial charge in [0, 0.05) is 17.1 Å². The van der Waals surface area contributed by atoms with Gasteiger partial charge in [-0.05, 0) is 79.5 Å². The van der Waals surface area contributed by atoms with Gasteiger partial charge < -0.3 is 23.5 Å². The molecule has 0 bridgehead atoms. The lowest BCUT2D eigenvalue weighted by Gasteiger charge is -2.32. The number of carbonyl (C=O) groups excluding carboxylic acids is 4. The number of amides is 2. The van der Waals surface area contributed by atoms with Crippen LogP contribution in [0.2, 0.25) is 0 Å². The molecule has 1 heterocycles. The Morgan fingerprint density at radius 3 is 1.80 bits per heavy atom. The number of benzene rings is 2. The van der Waals surface area contributed by atoms with Gasteiger partial charge in [0.25, 0.3) is 0 Å². The molecule has 0 fully saturated rings. The number of aromatic nitrogens is 1. The SMILES string of the molecule is CC(C)(C)OC(=O)Cc1cn(CC(C(=O)OCc2ccccc2)N(C(=O)OC(C)(C)C)C(=O)OC(C)(C)C)c2ccccc12. The number of imide groups is 1. The molecule has 238 valence electrons. The van der Waals surface area contributed by atoms with E-state index in [0.717, 1.165) is 10.9 Å². The summed E-state index contributed by atoms with van der Waals surface area (Å²) in [5, 5.41) is 0.760. The van der Waals surface area contributed by atoms with Crippen LogP contribution in [0.5, 0.6) is 0 Å². The molecular formula is C34H44N2O8. The minimum absolute atomic E-state index is 0.0181. The molecule has 0 saturated carbocycles. The quantitative estimate of drug-likeness (QED) is 0.202. The Morgan fingerprint density at radius 2 is 1.25 bits per heavy atom. The van der Waals surface area contributed by atoms with Crippen LogP contribution in [0.1, 0.15) is 73.4 Å². The summed E-state index contributed by atoms with van der Waals surface area (Å²) in [6.07, 6.45) is -0.415. The Kier molecular flexibility index (Phi) is 10.5. The van der Waals surface area contributed by atoms with Gasteiger partial charge in [-0.1, -0.05) is 48.5 Å². The first-order chi connectivity index (χ1) is 20.3. The zero-order chi connectivity index (χ0) is 32.9. The molecule has 2 amide bonds. The molecule has 3 aromatic rings. The number of hydrogen-bond acceptors (Lipinski definition) is 8. The maximum absolute atomic E-state index is 13.8. The largest absolute Gasteiger partial charge is 0.460 e. The lowest BCUT2D eigenvalue weighted by atomic mass is 10.1. The van der Waals surface area contributed by atoms with Crippen molar-refractivity contribution in [2.45, 2.75) is 105 Å². The van der Waals surface area contributed by atoms with E-state index in [4.69, 9.17) is 18.9 Å². The topological polar surface area (TPSA) is 113 Å². The number of nitrogens with zero attached hydrogens (tertiary/aromatic N) is 2. The van der Waals surface area contributed by atoms with E-state index in [1.807, 2.05) is 42.5 Å². The van der Waals surface area contributed by atoms with Crippen molar-refractivity contribution < 1.29 is 38.1 Å². The zero-order valence-electron chi connectivity index (χ0n) is 27.1. The first-order valence-electron chi connectivity index (χ1n) is 14.6. The van der Waals surface area contributed by atoms with E-state index >= 15 is 0 Å². The highest BCUT2D eigenvalue weighted by Gasteiger charge is 2.42. The van der Waals surface area contributed by atoms with E-state index in [9.17, 15) is 19.2 Å². The number of carbonyl (C=O) groups is 4. The third-order valence-electron chi connectivity index (χ3n) is 5.98. The van der Waals surface area contributed by atoms with Crippen LogP contribution in [0.25, 0.3) is 10.9 Å². The van der Waals surface area contributed by atoms with Crippen LogP contribution in [-0.4, -0.2) is 56.4 Å². The molecule has 44 heavy (non-hydrogen) atoms. The highest BCUT2D eigenvalue weighted by atomic mass is 16.6. The smallest absolute Gasteiger partial charge is 0.420 e. The monoisotopic (exact) mass is 608 g/mol. The molecule has 0 radical (unpaired) electrons. The van der Waals surface area contributed by atoms with Gasteiger partial charge in [0.1, 0.15) is 23.4 Å². The fraction of sp³-hybridized carbons (Fsp3) is 0.471. The summed E-state index contributed by atoms with van der Waals surface area (Å²) < 4.78 is 24.0. The predicted octanol–water partition coefficient (Wildman–Crippen LogP) is 6.81. The number of rotatable bonds is 8. The molecule has 0 spiro atoms. The molecule has 0 aliphatic carbocycles. The Labute approximate surface area is 259 Å². The fourth-order valence-electron chi connectivity index (χ4n) is 4.37. The molecule has 10 nitrogen and oxygen atoms in total. The van der Waals surface area contributed by atoms with E-state index in [1.165, 1.54) is 0 Å². The van der Waals surface area contributed by atoms with E-state index < -0.39 is 47.0 Å². The Morgan fingerprint density at radius 1 is 0.727 bits per heavy atom. The minimum atomic E-state index is -1.48. The Bertz CT molecular complexity index is 1440. The van der Waals surface area contributed by atoms with Gasteiger partial charge in [0.2, 0.25) is 0 Å². The summed E-state index contributed by atoms with van der Waals surface area (Å²) in [5.41, 5.74) is -0.545. The van der Waals surface area contributed by atoms with Crippen molar-refractivity contribution in [2.75, 3.05) is 0 Å². The van der Waals surface area contributed by atoms with Gasteiger partial charge in [0.05, 0.1) is 13.0 Å². The first kappa shape index (κ1) is 34.2. The molecular weight excluding hydrogens is 564 g/mol. The molecule has 1 unspecified atom stereocenters. The van der Waals surface area contributed by atoms with Gasteiger partial charge in [-0.3, -0.25) is 4.79 Å². The standard InChI is InChI=1S/C34H44N2O8/c1-32(2,3)42-28(37)19-24-20-35(26-18-14-13-17-25(24)26)21-27(29(38)41-22-23-15-11-10-12-16-23)36(30(39)43-33(4,5)6)31(40)44-34(7,8)9/h10-18,20,27H,19,21-22H2,1-9H3. The third kappa shape index (κ3) is 10.1. The summed E-state index contributed by atoms with van der Waals surface area (Å²) in [7, 11) is 0. The van der Waals surface area contributed by atoms with Crippen molar-refractivity contribution in [1.29, 1.82) is 0 Å². The first-order valence-corrected chi connectivity index (χ1v) is 14.6. The Hall–Kier alpha value is -4.34. The summed E-state index contributed by atoms with van der Waals surface area (Å²) in [6.45, 7) is 15.0. The third-order valence-corrected chi connectivity index (χ3v) is 5.98. The molecule has 2 aromatic carbocycles. The van der Waals surface area contributed by atoms with Crippen LogP contribution in [0, 0.1) is 0 Å². The van der Waals surface area contributed by atoms with Crippen LogP contribution in [0.3, 0.4) is 0 Å². The van der Waals surface area contributed by atoms with Crippen molar-refractivity contribution in [3.05, 3.63) is 71.9 Å². The van der Waals surface area contributed by atoms with Crippen LogP contribution >= 0.6 is 0 Å². The number of esters is 2. The van der Waals surface area contributed by atoms with Crippen molar-refractivity contribution in [2.24, 2.45) is 0 Å². The lowest BCUT2D eigenvalue weighted by Crippen LogP contribution is -2.53. The average Bonchev–Trinajstić information content (AvgIpc) is 3.21. The molecule has 1 aromatic heterocycles. The molecule has 0 N–H and O–H groups in total. The maximum Gasteiger partial charge on any atom is 0.420 e. The van der Waals surface area contributed by atoms with Gasteiger partial charge in [0.15, 0.2) is 6.04 Å². The number of hydrogen-bond donors (Lipinski definition) is 0. The molecule has 0 aliphatic rings. The summed E-state index contributed by atoms with van der Waals surface area (Å²) >= 11 is 0. The lowest BCUT2D eigenvalue weighted by molar-refractivity contribution is -0.154. The van der Waals surface area contributed by atoms with E-state index in [0.29, 0.717) is 16.0 Å². The summed E-state index contributed by atoms with van der Waals surface area (Å²) in [4.78, 5) is 54.4. The van der Waals surface area contributed by atoms with Crippen molar-refractivity contribution in [3.8, 4) is 0 Å². The van der Waals surface area contributed by atoms with Crippen LogP contribution < -0.4 is 0 Å². The second-order valence-corrected chi connectivity index (χ2v) is 13.5. The van der Waals surface area contributed by atoms with Crippen molar-refractivity contribution in [1.82, 2.24) is 9.47 Å². The second kappa shape index (κ2) is 13.5. The molecule has 0 aliphatic heterocycles. The van der Waals surface area contributed by atoms with E-state index in [2.05, 4.69) is 0 Å². The van der Waals surface area contributed by atoms with Crippen LogP contribution in [0.15, 0.2) is 60.8 Å². The Balaban J connectivity index is 2.08. The number of para-hydroxylation sites is 1. The van der Waals surface area contributed by atoms with Gasteiger partial charge in [-0.2, -0.15) is 4.90 Å².